The molecule has 0 aliphatic carbocycles. The van der Waals surface area contributed by atoms with E-state index in [1.807, 2.05) is 57.6 Å². The van der Waals surface area contributed by atoms with Gasteiger partial charge in [0.15, 0.2) is 0 Å². The summed E-state index contributed by atoms with van der Waals surface area (Å²) in [5.74, 6) is 0. The first-order chi connectivity index (χ1) is 7.24. The molecule has 0 N–H and O–H groups in total. The number of hydrogen-bond acceptors (Lipinski definition) is 3. The molecule has 0 heterocycles. The highest BCUT2D eigenvalue weighted by Gasteiger charge is 2.07. The lowest BCUT2D eigenvalue weighted by molar-refractivity contribution is 0.112. The molecule has 82 valence electrons. The van der Waals surface area contributed by atoms with Crippen molar-refractivity contribution in [3.8, 4) is 0 Å². The molecule has 1 aromatic rings. The molecule has 3 heteroatoms. The fourth-order valence-corrected chi connectivity index (χ4v) is 1.24. The number of benzene rings is 1. The molecule has 0 spiro atoms. The van der Waals surface area contributed by atoms with E-state index in [2.05, 4.69) is 5.10 Å². The average Bonchev–Trinajstić information content (AvgIpc) is 2.25. The van der Waals surface area contributed by atoms with Crippen LogP contribution in [-0.2, 0) is 4.74 Å². The van der Waals surface area contributed by atoms with Gasteiger partial charge in [0.25, 0.3) is 0 Å². The monoisotopic (exact) mass is 206 g/mol. The largest absolute Gasteiger partial charge is 0.368 e. The van der Waals surface area contributed by atoms with Gasteiger partial charge in [-0.1, -0.05) is 30.3 Å². The number of nitrogens with zero attached hydrogens (tertiary/aromatic N) is 2. The van der Waals surface area contributed by atoms with Crippen molar-refractivity contribution in [3.05, 3.63) is 35.9 Å². The minimum atomic E-state index is -0.0569. The molecule has 0 amide bonds. The van der Waals surface area contributed by atoms with E-state index in [9.17, 15) is 0 Å². The van der Waals surface area contributed by atoms with E-state index in [1.165, 1.54) is 0 Å². The molecule has 0 radical (unpaired) electrons. The Bertz CT molecular complexity index is 296. The van der Waals surface area contributed by atoms with Crippen LogP contribution in [0.25, 0.3) is 0 Å². The summed E-state index contributed by atoms with van der Waals surface area (Å²) in [5, 5.41) is 5.96. The molecule has 1 rings (SSSR count). The van der Waals surface area contributed by atoms with Gasteiger partial charge in [-0.15, -0.1) is 0 Å². The average molecular weight is 206 g/mol. The van der Waals surface area contributed by atoms with Crippen LogP contribution in [0.1, 0.15) is 18.6 Å². The molecule has 1 unspecified atom stereocenters. The highest BCUT2D eigenvalue weighted by molar-refractivity contribution is 5.65. The Balaban J connectivity index is 2.74. The van der Waals surface area contributed by atoms with Crippen molar-refractivity contribution in [2.45, 2.75) is 13.0 Å². The lowest BCUT2D eigenvalue weighted by atomic mass is 10.1. The zero-order valence-electron chi connectivity index (χ0n) is 9.55. The van der Waals surface area contributed by atoms with E-state index in [4.69, 9.17) is 4.74 Å². The zero-order valence-corrected chi connectivity index (χ0v) is 9.55. The Labute approximate surface area is 91.4 Å². The second-order valence-electron chi connectivity index (χ2n) is 3.40. The maximum absolute atomic E-state index is 5.60. The van der Waals surface area contributed by atoms with Crippen LogP contribution in [0.2, 0.25) is 0 Å². The first kappa shape index (κ1) is 11.7. The molecule has 0 aliphatic rings. The van der Waals surface area contributed by atoms with E-state index in [0.717, 1.165) is 5.56 Å². The fraction of sp³-hybridized carbons (Fsp3) is 0.417. The Hall–Kier alpha value is -1.35. The normalized spacial score (nSPS) is 13.0. The second-order valence-corrected chi connectivity index (χ2v) is 3.40. The molecule has 0 saturated carbocycles. The lowest BCUT2D eigenvalue weighted by Gasteiger charge is -2.13. The van der Waals surface area contributed by atoms with E-state index in [-0.39, 0.29) is 6.10 Å². The highest BCUT2D eigenvalue weighted by atomic mass is 16.5. The third-order valence-corrected chi connectivity index (χ3v) is 1.91. The summed E-state index contributed by atoms with van der Waals surface area (Å²) in [7, 11) is 3.79. The molecular formula is C12H18N2O. The maximum atomic E-state index is 5.60. The summed E-state index contributed by atoms with van der Waals surface area (Å²) < 4.78 is 5.60. The van der Waals surface area contributed by atoms with Gasteiger partial charge in [-0.2, -0.15) is 5.10 Å². The van der Waals surface area contributed by atoms with Crippen LogP contribution in [0.15, 0.2) is 35.4 Å². The molecule has 1 atom stereocenters. The van der Waals surface area contributed by atoms with Gasteiger partial charge < -0.3 is 9.75 Å². The molecule has 3 nitrogen and oxygen atoms in total. The van der Waals surface area contributed by atoms with Gasteiger partial charge in [0.1, 0.15) is 6.10 Å². The lowest BCUT2D eigenvalue weighted by Crippen LogP contribution is -2.09. The van der Waals surface area contributed by atoms with Crippen LogP contribution in [0.3, 0.4) is 0 Å². The van der Waals surface area contributed by atoms with Gasteiger partial charge in [0, 0.05) is 20.7 Å². The maximum Gasteiger partial charge on any atom is 0.119 e. The third kappa shape index (κ3) is 4.13. The van der Waals surface area contributed by atoms with Crippen molar-refractivity contribution >= 4 is 6.21 Å². The molecule has 0 bridgehead atoms. The van der Waals surface area contributed by atoms with Gasteiger partial charge in [0.2, 0.25) is 0 Å². The molecule has 0 saturated heterocycles. The summed E-state index contributed by atoms with van der Waals surface area (Å²) in [6.07, 6.45) is 1.76. The Morgan fingerprint density at radius 1 is 1.33 bits per heavy atom. The third-order valence-electron chi connectivity index (χ3n) is 1.91. The minimum absolute atomic E-state index is 0.0569. The Kier molecular flexibility index (Phi) is 4.84. The number of hydrogen-bond donors (Lipinski definition) is 0. The van der Waals surface area contributed by atoms with Crippen molar-refractivity contribution < 1.29 is 4.74 Å². The minimum Gasteiger partial charge on any atom is -0.368 e. The molecule has 15 heavy (non-hydrogen) atoms. The van der Waals surface area contributed by atoms with Crippen molar-refractivity contribution in [2.75, 3.05) is 20.7 Å². The standard InChI is InChI=1S/C12H18N2O/c1-4-15-12(10-13-14(2)3)11-8-6-5-7-9-11/h5-10,12H,4H2,1-3H3/b13-10+. The van der Waals surface area contributed by atoms with E-state index in [0.29, 0.717) is 6.61 Å². The predicted molar refractivity (Wildman–Crippen MR) is 63.0 cm³/mol. The smallest absolute Gasteiger partial charge is 0.119 e. The fourth-order valence-electron chi connectivity index (χ4n) is 1.24. The van der Waals surface area contributed by atoms with Crippen LogP contribution in [0, 0.1) is 0 Å². The van der Waals surface area contributed by atoms with Crippen molar-refractivity contribution in [2.24, 2.45) is 5.10 Å². The molecule has 0 fully saturated rings. The summed E-state index contributed by atoms with van der Waals surface area (Å²) in [5.41, 5.74) is 1.13. The quantitative estimate of drug-likeness (QED) is 0.545. The van der Waals surface area contributed by atoms with Crippen molar-refractivity contribution in [3.63, 3.8) is 0 Å². The summed E-state index contributed by atoms with van der Waals surface area (Å²) in [4.78, 5) is 0. The van der Waals surface area contributed by atoms with Gasteiger partial charge in [-0.3, -0.25) is 0 Å². The highest BCUT2D eigenvalue weighted by Crippen LogP contribution is 2.14. The second kappa shape index (κ2) is 6.19. The van der Waals surface area contributed by atoms with E-state index < -0.39 is 0 Å². The topological polar surface area (TPSA) is 24.8 Å². The molecule has 0 aliphatic heterocycles. The van der Waals surface area contributed by atoms with Crippen molar-refractivity contribution in [1.82, 2.24) is 5.01 Å². The van der Waals surface area contributed by atoms with Crippen LogP contribution < -0.4 is 0 Å². The number of hydrazone groups is 1. The van der Waals surface area contributed by atoms with Gasteiger partial charge >= 0.3 is 0 Å². The molecule has 1 aromatic carbocycles. The summed E-state index contributed by atoms with van der Waals surface area (Å²) >= 11 is 0. The Morgan fingerprint density at radius 2 is 2.00 bits per heavy atom. The van der Waals surface area contributed by atoms with E-state index in [1.54, 1.807) is 5.01 Å². The summed E-state index contributed by atoms with van der Waals surface area (Å²) in [6, 6.07) is 10.1. The van der Waals surface area contributed by atoms with Gasteiger partial charge in [-0.25, -0.2) is 0 Å². The van der Waals surface area contributed by atoms with Gasteiger partial charge in [0.05, 0.1) is 6.21 Å². The first-order valence-electron chi connectivity index (χ1n) is 5.12. The summed E-state index contributed by atoms with van der Waals surface area (Å²) in [6.45, 7) is 2.67. The number of ether oxygens (including phenoxy) is 1. The predicted octanol–water partition coefficient (Wildman–Crippen LogP) is 2.31. The van der Waals surface area contributed by atoms with Crippen LogP contribution >= 0.6 is 0 Å². The van der Waals surface area contributed by atoms with Crippen LogP contribution in [0.5, 0.6) is 0 Å². The van der Waals surface area contributed by atoms with Crippen LogP contribution in [0.4, 0.5) is 0 Å². The first-order valence-corrected chi connectivity index (χ1v) is 5.12. The van der Waals surface area contributed by atoms with E-state index >= 15 is 0 Å². The van der Waals surface area contributed by atoms with Crippen molar-refractivity contribution in [1.29, 1.82) is 0 Å². The molecule has 0 aromatic heterocycles. The van der Waals surface area contributed by atoms with Crippen LogP contribution in [-0.4, -0.2) is 31.9 Å². The zero-order chi connectivity index (χ0) is 11.1. The SMILES string of the molecule is CCOC(/C=N/N(C)C)c1ccccc1. The molecular weight excluding hydrogens is 188 g/mol. The van der Waals surface area contributed by atoms with Gasteiger partial charge in [-0.05, 0) is 12.5 Å². The number of rotatable bonds is 5. The Morgan fingerprint density at radius 3 is 2.53 bits per heavy atom.